The zero-order valence-electron chi connectivity index (χ0n) is 11.3. The van der Waals surface area contributed by atoms with E-state index in [-0.39, 0.29) is 5.56 Å². The Kier molecular flexibility index (Phi) is 4.24. The number of hydrogen-bond donors (Lipinski definition) is 2. The van der Waals surface area contributed by atoms with Gasteiger partial charge in [0.15, 0.2) is 0 Å². The predicted octanol–water partition coefficient (Wildman–Crippen LogP) is 2.61. The summed E-state index contributed by atoms with van der Waals surface area (Å²) in [5.41, 5.74) is 1.12. The molecule has 0 unspecified atom stereocenters. The van der Waals surface area contributed by atoms with Crippen LogP contribution in [-0.4, -0.2) is 22.4 Å². The summed E-state index contributed by atoms with van der Waals surface area (Å²) in [6, 6.07) is 4.71. The van der Waals surface area contributed by atoms with E-state index >= 15 is 0 Å². The standard InChI is InChI=1S/C14H15FN4O/c1-3-16-13-11(7-10(15)8-18-13)14(20)19-12-6-9(2)4-5-17-12/h4-8H,3H2,1-2H3,(H,16,18)(H,17,19,20). The molecule has 2 N–H and O–H groups in total. The number of halogens is 1. The number of hydrogen-bond acceptors (Lipinski definition) is 4. The van der Waals surface area contributed by atoms with Crippen molar-refractivity contribution in [3.8, 4) is 0 Å². The summed E-state index contributed by atoms with van der Waals surface area (Å²) in [7, 11) is 0. The molecule has 20 heavy (non-hydrogen) atoms. The van der Waals surface area contributed by atoms with Crippen molar-refractivity contribution < 1.29 is 9.18 Å². The molecule has 0 aliphatic rings. The van der Waals surface area contributed by atoms with E-state index in [0.29, 0.717) is 18.2 Å². The lowest BCUT2D eigenvalue weighted by atomic mass is 10.2. The zero-order valence-corrected chi connectivity index (χ0v) is 11.3. The van der Waals surface area contributed by atoms with E-state index in [2.05, 4.69) is 20.6 Å². The minimum atomic E-state index is -0.561. The van der Waals surface area contributed by atoms with Crippen LogP contribution >= 0.6 is 0 Å². The molecule has 0 spiro atoms. The fourth-order valence-corrected chi connectivity index (χ4v) is 1.71. The maximum atomic E-state index is 13.3. The van der Waals surface area contributed by atoms with Gasteiger partial charge in [0, 0.05) is 12.7 Å². The Morgan fingerprint density at radius 3 is 2.85 bits per heavy atom. The fourth-order valence-electron chi connectivity index (χ4n) is 1.71. The van der Waals surface area contributed by atoms with Gasteiger partial charge in [-0.2, -0.15) is 0 Å². The Labute approximate surface area is 116 Å². The van der Waals surface area contributed by atoms with E-state index in [1.165, 1.54) is 0 Å². The molecule has 0 aliphatic carbocycles. The van der Waals surface area contributed by atoms with Crippen molar-refractivity contribution in [2.45, 2.75) is 13.8 Å². The number of nitrogens with one attached hydrogen (secondary N) is 2. The summed E-state index contributed by atoms with van der Waals surface area (Å²) >= 11 is 0. The second-order valence-electron chi connectivity index (χ2n) is 4.25. The molecule has 0 aromatic carbocycles. The monoisotopic (exact) mass is 274 g/mol. The molecular formula is C14H15FN4O. The van der Waals surface area contributed by atoms with E-state index < -0.39 is 11.7 Å². The molecule has 2 aromatic heterocycles. The van der Waals surface area contributed by atoms with Gasteiger partial charge in [-0.1, -0.05) is 0 Å². The van der Waals surface area contributed by atoms with Crippen molar-refractivity contribution in [1.29, 1.82) is 0 Å². The van der Waals surface area contributed by atoms with Crippen molar-refractivity contribution in [3.05, 3.63) is 47.5 Å². The van der Waals surface area contributed by atoms with Gasteiger partial charge >= 0.3 is 0 Å². The van der Waals surface area contributed by atoms with Gasteiger partial charge in [0.1, 0.15) is 17.5 Å². The first-order valence-corrected chi connectivity index (χ1v) is 6.23. The molecule has 2 rings (SSSR count). The van der Waals surface area contributed by atoms with Crippen LogP contribution < -0.4 is 10.6 Å². The number of anilines is 2. The molecule has 2 aromatic rings. The third kappa shape index (κ3) is 3.28. The normalized spacial score (nSPS) is 10.2. The first-order chi connectivity index (χ1) is 9.60. The molecule has 0 radical (unpaired) electrons. The largest absolute Gasteiger partial charge is 0.370 e. The van der Waals surface area contributed by atoms with E-state index in [1.807, 2.05) is 19.9 Å². The summed E-state index contributed by atoms with van der Waals surface area (Å²) in [6.45, 7) is 4.35. The van der Waals surface area contributed by atoms with Crippen LogP contribution in [0, 0.1) is 12.7 Å². The third-order valence-electron chi connectivity index (χ3n) is 2.60. The van der Waals surface area contributed by atoms with E-state index in [1.54, 1.807) is 12.3 Å². The number of carbonyl (C=O) groups excluding carboxylic acids is 1. The van der Waals surface area contributed by atoms with E-state index in [9.17, 15) is 9.18 Å². The lowest BCUT2D eigenvalue weighted by Crippen LogP contribution is -2.17. The number of aryl methyl sites for hydroxylation is 1. The van der Waals surface area contributed by atoms with Crippen LogP contribution in [0.4, 0.5) is 16.0 Å². The second-order valence-corrected chi connectivity index (χ2v) is 4.25. The second kappa shape index (κ2) is 6.10. The van der Waals surface area contributed by atoms with Crippen molar-refractivity contribution in [2.75, 3.05) is 17.2 Å². The number of amides is 1. The number of aromatic nitrogens is 2. The Hall–Kier alpha value is -2.50. The van der Waals surface area contributed by atoms with Gasteiger partial charge in [-0.15, -0.1) is 0 Å². The number of carbonyl (C=O) groups is 1. The molecule has 0 fully saturated rings. The highest BCUT2D eigenvalue weighted by atomic mass is 19.1. The minimum absolute atomic E-state index is 0.148. The van der Waals surface area contributed by atoms with Crippen LogP contribution in [0.1, 0.15) is 22.8 Å². The molecule has 5 nitrogen and oxygen atoms in total. The molecule has 2 heterocycles. The molecular weight excluding hydrogens is 259 g/mol. The maximum absolute atomic E-state index is 13.3. The molecule has 0 bridgehead atoms. The Bertz CT molecular complexity index is 630. The molecule has 6 heteroatoms. The SMILES string of the molecule is CCNc1ncc(F)cc1C(=O)Nc1cc(C)ccn1. The van der Waals surface area contributed by atoms with Crippen LogP contribution in [0.3, 0.4) is 0 Å². The Morgan fingerprint density at radius 2 is 2.15 bits per heavy atom. The van der Waals surface area contributed by atoms with Gasteiger partial charge in [-0.3, -0.25) is 4.79 Å². The zero-order chi connectivity index (χ0) is 14.5. The van der Waals surface area contributed by atoms with Gasteiger partial charge in [-0.05, 0) is 37.6 Å². The van der Waals surface area contributed by atoms with Gasteiger partial charge in [0.2, 0.25) is 0 Å². The highest BCUT2D eigenvalue weighted by molar-refractivity contribution is 6.07. The molecule has 0 saturated carbocycles. The van der Waals surface area contributed by atoms with Crippen molar-refractivity contribution in [2.24, 2.45) is 0 Å². The molecule has 1 amide bonds. The highest BCUT2D eigenvalue weighted by Crippen LogP contribution is 2.16. The summed E-state index contributed by atoms with van der Waals surface area (Å²) in [5.74, 6) is -0.249. The lowest BCUT2D eigenvalue weighted by molar-refractivity contribution is 0.102. The molecule has 0 atom stereocenters. The van der Waals surface area contributed by atoms with Gasteiger partial charge in [-0.25, -0.2) is 14.4 Å². The minimum Gasteiger partial charge on any atom is -0.370 e. The number of pyridine rings is 2. The van der Waals surface area contributed by atoms with Gasteiger partial charge < -0.3 is 10.6 Å². The Balaban J connectivity index is 2.26. The first kappa shape index (κ1) is 13.9. The fraction of sp³-hybridized carbons (Fsp3) is 0.214. The highest BCUT2D eigenvalue weighted by Gasteiger charge is 2.14. The van der Waals surface area contributed by atoms with E-state index in [0.717, 1.165) is 17.8 Å². The average Bonchev–Trinajstić information content (AvgIpc) is 2.41. The maximum Gasteiger partial charge on any atom is 0.260 e. The van der Waals surface area contributed by atoms with Crippen LogP contribution in [0.2, 0.25) is 0 Å². The average molecular weight is 274 g/mol. The molecule has 0 aliphatic heterocycles. The summed E-state index contributed by atoms with van der Waals surface area (Å²) in [5, 5.41) is 5.55. The topological polar surface area (TPSA) is 66.9 Å². The van der Waals surface area contributed by atoms with Gasteiger partial charge in [0.05, 0.1) is 11.8 Å². The van der Waals surface area contributed by atoms with Crippen LogP contribution in [-0.2, 0) is 0 Å². The van der Waals surface area contributed by atoms with Crippen molar-refractivity contribution in [3.63, 3.8) is 0 Å². The Morgan fingerprint density at radius 1 is 1.35 bits per heavy atom. The lowest BCUT2D eigenvalue weighted by Gasteiger charge is -2.10. The number of nitrogens with zero attached hydrogens (tertiary/aromatic N) is 2. The van der Waals surface area contributed by atoms with Crippen LogP contribution in [0.15, 0.2) is 30.6 Å². The quantitative estimate of drug-likeness (QED) is 0.899. The molecule has 104 valence electrons. The van der Waals surface area contributed by atoms with Gasteiger partial charge in [0.25, 0.3) is 5.91 Å². The summed E-state index contributed by atoms with van der Waals surface area (Å²) in [6.07, 6.45) is 2.67. The first-order valence-electron chi connectivity index (χ1n) is 6.23. The third-order valence-corrected chi connectivity index (χ3v) is 2.60. The summed E-state index contributed by atoms with van der Waals surface area (Å²) in [4.78, 5) is 20.1. The smallest absolute Gasteiger partial charge is 0.260 e. The van der Waals surface area contributed by atoms with Crippen molar-refractivity contribution >= 4 is 17.5 Å². The molecule has 0 saturated heterocycles. The van der Waals surface area contributed by atoms with Crippen LogP contribution in [0.5, 0.6) is 0 Å². The number of rotatable bonds is 4. The van der Waals surface area contributed by atoms with E-state index in [4.69, 9.17) is 0 Å². The van der Waals surface area contributed by atoms with Crippen LogP contribution in [0.25, 0.3) is 0 Å². The van der Waals surface area contributed by atoms with Crippen molar-refractivity contribution in [1.82, 2.24) is 9.97 Å². The predicted molar refractivity (Wildman–Crippen MR) is 75.3 cm³/mol. The summed E-state index contributed by atoms with van der Waals surface area (Å²) < 4.78 is 13.3.